The molecule has 3 N–H and O–H groups in total. The van der Waals surface area contributed by atoms with Crippen molar-refractivity contribution in [2.45, 2.75) is 26.4 Å². The quantitative estimate of drug-likeness (QED) is 0.511. The van der Waals surface area contributed by atoms with Gasteiger partial charge in [-0.2, -0.15) is 0 Å². The SMILES string of the molecule is CC(C)(C)Oc1ccc(-c2cncc(C(=O)NN)n2)cc1. The van der Waals surface area contributed by atoms with Crippen LogP contribution in [0.2, 0.25) is 0 Å². The summed E-state index contributed by atoms with van der Waals surface area (Å²) in [6, 6.07) is 7.46. The molecule has 0 spiro atoms. The van der Waals surface area contributed by atoms with E-state index >= 15 is 0 Å². The molecule has 110 valence electrons. The number of hydrogen-bond donors (Lipinski definition) is 2. The second kappa shape index (κ2) is 5.88. The van der Waals surface area contributed by atoms with Gasteiger partial charge in [0.2, 0.25) is 0 Å². The van der Waals surface area contributed by atoms with Gasteiger partial charge in [-0.15, -0.1) is 0 Å². The molecule has 0 aliphatic heterocycles. The van der Waals surface area contributed by atoms with E-state index in [0.717, 1.165) is 11.3 Å². The van der Waals surface area contributed by atoms with Crippen molar-refractivity contribution in [3.63, 3.8) is 0 Å². The minimum Gasteiger partial charge on any atom is -0.488 e. The number of hydrogen-bond acceptors (Lipinski definition) is 5. The predicted octanol–water partition coefficient (Wildman–Crippen LogP) is 1.92. The molecule has 0 bridgehead atoms. The molecule has 0 aliphatic rings. The summed E-state index contributed by atoms with van der Waals surface area (Å²) >= 11 is 0. The van der Waals surface area contributed by atoms with Gasteiger partial charge in [0.15, 0.2) is 0 Å². The summed E-state index contributed by atoms with van der Waals surface area (Å²) < 4.78 is 5.76. The Morgan fingerprint density at radius 2 is 1.86 bits per heavy atom. The molecule has 6 nitrogen and oxygen atoms in total. The average Bonchev–Trinajstić information content (AvgIpc) is 2.45. The summed E-state index contributed by atoms with van der Waals surface area (Å²) in [6.45, 7) is 5.96. The van der Waals surface area contributed by atoms with Crippen molar-refractivity contribution in [2.75, 3.05) is 0 Å². The molecule has 0 saturated heterocycles. The Morgan fingerprint density at radius 3 is 2.43 bits per heavy atom. The zero-order valence-corrected chi connectivity index (χ0v) is 12.3. The fourth-order valence-corrected chi connectivity index (χ4v) is 1.74. The summed E-state index contributed by atoms with van der Waals surface area (Å²) in [5, 5.41) is 0. The highest BCUT2D eigenvalue weighted by Crippen LogP contribution is 2.23. The van der Waals surface area contributed by atoms with Gasteiger partial charge in [-0.3, -0.25) is 15.2 Å². The van der Waals surface area contributed by atoms with Crippen LogP contribution in [0.3, 0.4) is 0 Å². The van der Waals surface area contributed by atoms with Crippen molar-refractivity contribution in [2.24, 2.45) is 5.84 Å². The molecule has 1 amide bonds. The van der Waals surface area contributed by atoms with Gasteiger partial charge in [-0.1, -0.05) is 0 Å². The number of nitrogens with two attached hydrogens (primary N) is 1. The maximum atomic E-state index is 11.4. The number of nitrogens with one attached hydrogen (secondary N) is 1. The number of rotatable bonds is 3. The third-order valence-corrected chi connectivity index (χ3v) is 2.57. The van der Waals surface area contributed by atoms with Crippen LogP contribution in [0.1, 0.15) is 31.3 Å². The first kappa shape index (κ1) is 14.9. The maximum Gasteiger partial charge on any atom is 0.285 e. The van der Waals surface area contributed by atoms with Gasteiger partial charge < -0.3 is 4.74 Å². The Balaban J connectivity index is 2.25. The number of benzene rings is 1. The lowest BCUT2D eigenvalue weighted by Crippen LogP contribution is -2.30. The van der Waals surface area contributed by atoms with Crippen LogP contribution in [0.25, 0.3) is 11.3 Å². The number of hydrazine groups is 1. The number of ether oxygens (including phenoxy) is 1. The molecule has 2 aromatic rings. The molecular weight excluding hydrogens is 268 g/mol. The van der Waals surface area contributed by atoms with E-state index < -0.39 is 5.91 Å². The van der Waals surface area contributed by atoms with Gasteiger partial charge in [0.1, 0.15) is 17.0 Å². The Hall–Kier alpha value is -2.47. The third kappa shape index (κ3) is 4.00. The second-order valence-electron chi connectivity index (χ2n) is 5.50. The van der Waals surface area contributed by atoms with Crippen molar-refractivity contribution in [3.8, 4) is 17.0 Å². The van der Waals surface area contributed by atoms with E-state index in [2.05, 4.69) is 9.97 Å². The largest absolute Gasteiger partial charge is 0.488 e. The molecule has 1 aromatic carbocycles. The summed E-state index contributed by atoms with van der Waals surface area (Å²) in [6.07, 6.45) is 2.95. The summed E-state index contributed by atoms with van der Waals surface area (Å²) in [4.78, 5) is 19.7. The molecule has 21 heavy (non-hydrogen) atoms. The molecule has 1 aromatic heterocycles. The fourth-order valence-electron chi connectivity index (χ4n) is 1.74. The number of carbonyl (C=O) groups excluding carboxylic acids is 1. The number of nitrogens with zero attached hydrogens (tertiary/aromatic N) is 2. The van der Waals surface area contributed by atoms with Crippen LogP contribution in [0, 0.1) is 0 Å². The maximum absolute atomic E-state index is 11.4. The van der Waals surface area contributed by atoms with E-state index in [1.165, 1.54) is 6.20 Å². The molecule has 6 heteroatoms. The lowest BCUT2D eigenvalue weighted by molar-refractivity contribution is 0.0948. The highest BCUT2D eigenvalue weighted by molar-refractivity contribution is 5.91. The molecule has 0 fully saturated rings. The number of aromatic nitrogens is 2. The Kier molecular flexibility index (Phi) is 4.18. The van der Waals surface area contributed by atoms with Crippen LogP contribution < -0.4 is 16.0 Å². The van der Waals surface area contributed by atoms with Gasteiger partial charge in [0, 0.05) is 5.56 Å². The van der Waals surface area contributed by atoms with Crippen LogP contribution in [0.4, 0.5) is 0 Å². The van der Waals surface area contributed by atoms with Crippen LogP contribution in [0.15, 0.2) is 36.7 Å². The van der Waals surface area contributed by atoms with E-state index in [4.69, 9.17) is 10.6 Å². The van der Waals surface area contributed by atoms with Crippen molar-refractivity contribution < 1.29 is 9.53 Å². The van der Waals surface area contributed by atoms with Crippen LogP contribution >= 0.6 is 0 Å². The van der Waals surface area contributed by atoms with Gasteiger partial charge in [-0.05, 0) is 45.0 Å². The third-order valence-electron chi connectivity index (χ3n) is 2.57. The first-order valence-corrected chi connectivity index (χ1v) is 6.51. The normalized spacial score (nSPS) is 11.0. The molecule has 2 rings (SSSR count). The van der Waals surface area contributed by atoms with Crippen LogP contribution in [-0.2, 0) is 0 Å². The van der Waals surface area contributed by atoms with Crippen LogP contribution in [0.5, 0.6) is 5.75 Å². The second-order valence-corrected chi connectivity index (χ2v) is 5.50. The van der Waals surface area contributed by atoms with Gasteiger partial charge in [0.05, 0.1) is 18.1 Å². The van der Waals surface area contributed by atoms with Crippen LogP contribution in [-0.4, -0.2) is 21.5 Å². The minimum atomic E-state index is -0.475. The van der Waals surface area contributed by atoms with E-state index in [-0.39, 0.29) is 11.3 Å². The first-order chi connectivity index (χ1) is 9.89. The van der Waals surface area contributed by atoms with E-state index in [0.29, 0.717) is 5.69 Å². The Morgan fingerprint density at radius 1 is 1.19 bits per heavy atom. The average molecular weight is 286 g/mol. The van der Waals surface area contributed by atoms with E-state index in [9.17, 15) is 4.79 Å². The summed E-state index contributed by atoms with van der Waals surface area (Å²) in [5.41, 5.74) is 3.39. The number of nitrogen functional groups attached to an aromatic ring is 1. The first-order valence-electron chi connectivity index (χ1n) is 6.51. The van der Waals surface area contributed by atoms with Gasteiger partial charge in [0.25, 0.3) is 5.91 Å². The van der Waals surface area contributed by atoms with Crippen molar-refractivity contribution in [1.82, 2.24) is 15.4 Å². The minimum absolute atomic E-state index is 0.171. The molecule has 0 unspecified atom stereocenters. The number of carbonyl (C=O) groups is 1. The molecule has 0 atom stereocenters. The monoisotopic (exact) mass is 286 g/mol. The van der Waals surface area contributed by atoms with Gasteiger partial charge in [-0.25, -0.2) is 10.8 Å². The fraction of sp³-hybridized carbons (Fsp3) is 0.267. The predicted molar refractivity (Wildman–Crippen MR) is 79.5 cm³/mol. The molecular formula is C15H18N4O2. The topological polar surface area (TPSA) is 90.1 Å². The van der Waals surface area contributed by atoms with Crippen molar-refractivity contribution >= 4 is 5.91 Å². The van der Waals surface area contributed by atoms with E-state index in [1.54, 1.807) is 6.20 Å². The lowest BCUT2D eigenvalue weighted by atomic mass is 10.1. The molecule has 1 heterocycles. The molecule has 0 saturated carbocycles. The van der Waals surface area contributed by atoms with Crippen molar-refractivity contribution in [3.05, 3.63) is 42.4 Å². The van der Waals surface area contributed by atoms with Gasteiger partial charge >= 0.3 is 0 Å². The molecule has 0 radical (unpaired) electrons. The standard InChI is InChI=1S/C15H18N4O2/c1-15(2,3)21-11-6-4-10(5-7-11)12-8-17-9-13(18-12)14(20)19-16/h4-9H,16H2,1-3H3,(H,19,20). The summed E-state index contributed by atoms with van der Waals surface area (Å²) in [5.74, 6) is 5.39. The Bertz CT molecular complexity index is 633. The molecule has 0 aliphatic carbocycles. The highest BCUT2D eigenvalue weighted by atomic mass is 16.5. The van der Waals surface area contributed by atoms with E-state index in [1.807, 2.05) is 50.5 Å². The van der Waals surface area contributed by atoms with Crippen molar-refractivity contribution in [1.29, 1.82) is 0 Å². The zero-order valence-electron chi connectivity index (χ0n) is 12.3. The number of amides is 1. The smallest absolute Gasteiger partial charge is 0.285 e. The summed E-state index contributed by atoms with van der Waals surface area (Å²) in [7, 11) is 0. The highest BCUT2D eigenvalue weighted by Gasteiger charge is 2.12. The Labute approximate surface area is 123 Å². The lowest BCUT2D eigenvalue weighted by Gasteiger charge is -2.21. The zero-order chi connectivity index (χ0) is 15.5.